The normalized spacial score (nSPS) is 13.9. The Hall–Kier alpha value is -1.36. The second-order valence-electron chi connectivity index (χ2n) is 5.56. The summed E-state index contributed by atoms with van der Waals surface area (Å²) in [6, 6.07) is 5.33. The zero-order chi connectivity index (χ0) is 15.5. The van der Waals surface area contributed by atoms with Crippen LogP contribution in [0.2, 0.25) is 0 Å². The van der Waals surface area contributed by atoms with Gasteiger partial charge in [-0.3, -0.25) is 9.59 Å². The van der Waals surface area contributed by atoms with Crippen molar-refractivity contribution in [2.24, 2.45) is 5.92 Å². The van der Waals surface area contributed by atoms with E-state index in [0.717, 1.165) is 10.0 Å². The monoisotopic (exact) mass is 341 g/mol. The standard InChI is InChI=1S/C15H20BrNO3/c1-9(2)15(4,8-13(18)19)17-14(20)11-6-5-10(3)12(16)7-11/h5-7,9H,8H2,1-4H3,(H,17,20)(H,18,19). The van der Waals surface area contributed by atoms with E-state index in [0.29, 0.717) is 5.56 Å². The maximum absolute atomic E-state index is 12.3. The van der Waals surface area contributed by atoms with Crippen molar-refractivity contribution >= 4 is 27.8 Å². The maximum Gasteiger partial charge on any atom is 0.305 e. The molecule has 1 atom stereocenters. The summed E-state index contributed by atoms with van der Waals surface area (Å²) < 4.78 is 0.856. The molecule has 0 aromatic heterocycles. The van der Waals surface area contributed by atoms with E-state index in [1.54, 1.807) is 19.1 Å². The summed E-state index contributed by atoms with van der Waals surface area (Å²) in [7, 11) is 0. The molecule has 1 rings (SSSR count). The molecule has 110 valence electrons. The molecule has 0 saturated carbocycles. The number of halogens is 1. The Morgan fingerprint density at radius 3 is 2.45 bits per heavy atom. The molecule has 0 saturated heterocycles. The molecular weight excluding hydrogens is 322 g/mol. The van der Waals surface area contributed by atoms with Gasteiger partial charge in [-0.1, -0.05) is 35.8 Å². The number of hydrogen-bond donors (Lipinski definition) is 2. The van der Waals surface area contributed by atoms with Crippen molar-refractivity contribution in [2.45, 2.75) is 39.7 Å². The van der Waals surface area contributed by atoms with Crippen LogP contribution in [0, 0.1) is 12.8 Å². The quantitative estimate of drug-likeness (QED) is 0.862. The second-order valence-corrected chi connectivity index (χ2v) is 6.42. The fourth-order valence-corrected chi connectivity index (χ4v) is 2.15. The van der Waals surface area contributed by atoms with E-state index in [9.17, 15) is 9.59 Å². The number of rotatable bonds is 5. The number of carboxylic acid groups (broad SMARTS) is 1. The van der Waals surface area contributed by atoms with Gasteiger partial charge in [-0.2, -0.15) is 0 Å². The first-order valence-corrected chi connectivity index (χ1v) is 7.25. The fourth-order valence-electron chi connectivity index (χ4n) is 1.77. The minimum atomic E-state index is -0.924. The molecule has 2 N–H and O–H groups in total. The van der Waals surface area contributed by atoms with Gasteiger partial charge >= 0.3 is 5.97 Å². The molecule has 1 aromatic carbocycles. The van der Waals surface area contributed by atoms with Crippen molar-refractivity contribution < 1.29 is 14.7 Å². The van der Waals surface area contributed by atoms with Crippen LogP contribution in [0.15, 0.2) is 22.7 Å². The minimum absolute atomic E-state index is 0.0106. The Morgan fingerprint density at radius 2 is 2.00 bits per heavy atom. The summed E-state index contributed by atoms with van der Waals surface area (Å²) in [5.74, 6) is -1.17. The molecule has 0 radical (unpaired) electrons. The maximum atomic E-state index is 12.3. The van der Waals surface area contributed by atoms with Crippen molar-refractivity contribution in [2.75, 3.05) is 0 Å². The Morgan fingerprint density at radius 1 is 1.40 bits per heavy atom. The van der Waals surface area contributed by atoms with E-state index in [-0.39, 0.29) is 18.2 Å². The number of nitrogens with one attached hydrogen (secondary N) is 1. The highest BCUT2D eigenvalue weighted by Gasteiger charge is 2.33. The highest BCUT2D eigenvalue weighted by atomic mass is 79.9. The smallest absolute Gasteiger partial charge is 0.305 e. The lowest BCUT2D eigenvalue weighted by Crippen LogP contribution is -2.51. The molecule has 0 heterocycles. The lowest BCUT2D eigenvalue weighted by Gasteiger charge is -2.33. The lowest BCUT2D eigenvalue weighted by molar-refractivity contribution is -0.138. The number of carboxylic acids is 1. The molecule has 4 nitrogen and oxygen atoms in total. The average Bonchev–Trinajstić information content (AvgIpc) is 2.31. The van der Waals surface area contributed by atoms with Crippen molar-refractivity contribution in [3.8, 4) is 0 Å². The van der Waals surface area contributed by atoms with Crippen LogP contribution in [-0.2, 0) is 4.79 Å². The van der Waals surface area contributed by atoms with Crippen LogP contribution in [0.25, 0.3) is 0 Å². The summed E-state index contributed by atoms with van der Waals surface area (Å²) in [6.07, 6.45) is -0.108. The molecule has 0 bridgehead atoms. The van der Waals surface area contributed by atoms with Crippen molar-refractivity contribution in [3.05, 3.63) is 33.8 Å². The molecule has 1 amide bonds. The van der Waals surface area contributed by atoms with Crippen LogP contribution >= 0.6 is 15.9 Å². The molecule has 1 aromatic rings. The number of amides is 1. The van der Waals surface area contributed by atoms with Gasteiger partial charge in [0, 0.05) is 10.0 Å². The van der Waals surface area contributed by atoms with Gasteiger partial charge in [-0.15, -0.1) is 0 Å². The minimum Gasteiger partial charge on any atom is -0.481 e. The highest BCUT2D eigenvalue weighted by molar-refractivity contribution is 9.10. The van der Waals surface area contributed by atoms with E-state index in [1.165, 1.54) is 0 Å². The van der Waals surface area contributed by atoms with Crippen molar-refractivity contribution in [1.82, 2.24) is 5.32 Å². The van der Waals surface area contributed by atoms with Crippen LogP contribution in [0.1, 0.15) is 43.1 Å². The van der Waals surface area contributed by atoms with Crippen LogP contribution in [0.5, 0.6) is 0 Å². The van der Waals surface area contributed by atoms with Crippen LogP contribution in [0.4, 0.5) is 0 Å². The zero-order valence-corrected chi connectivity index (χ0v) is 13.7. The Kier molecular flexibility index (Phi) is 5.34. The summed E-state index contributed by atoms with van der Waals surface area (Å²) in [6.45, 7) is 7.49. The van der Waals surface area contributed by atoms with Gasteiger partial charge in [-0.25, -0.2) is 0 Å². The number of benzene rings is 1. The summed E-state index contributed by atoms with van der Waals surface area (Å²) in [5, 5.41) is 11.8. The topological polar surface area (TPSA) is 66.4 Å². The number of aliphatic carboxylic acids is 1. The molecule has 0 aliphatic rings. The first-order chi connectivity index (χ1) is 9.15. The summed E-state index contributed by atoms with van der Waals surface area (Å²) in [4.78, 5) is 23.3. The third-order valence-electron chi connectivity index (χ3n) is 3.63. The van der Waals surface area contributed by atoms with E-state index in [4.69, 9.17) is 5.11 Å². The predicted molar refractivity (Wildman–Crippen MR) is 81.8 cm³/mol. The van der Waals surface area contributed by atoms with Gasteiger partial charge in [0.1, 0.15) is 0 Å². The molecule has 0 fully saturated rings. The van der Waals surface area contributed by atoms with Crippen LogP contribution in [0.3, 0.4) is 0 Å². The molecule has 0 aliphatic carbocycles. The van der Waals surface area contributed by atoms with Gasteiger partial charge in [0.05, 0.1) is 12.0 Å². The second kappa shape index (κ2) is 6.39. The molecule has 1 unspecified atom stereocenters. The molecule has 0 spiro atoms. The Balaban J connectivity index is 2.96. The number of hydrogen-bond acceptors (Lipinski definition) is 2. The van der Waals surface area contributed by atoms with Gasteiger partial charge in [0.2, 0.25) is 0 Å². The highest BCUT2D eigenvalue weighted by Crippen LogP contribution is 2.23. The van der Waals surface area contributed by atoms with E-state index in [1.807, 2.05) is 26.8 Å². The van der Waals surface area contributed by atoms with E-state index in [2.05, 4.69) is 21.2 Å². The number of carbonyl (C=O) groups is 2. The number of carbonyl (C=O) groups excluding carboxylic acids is 1. The van der Waals surface area contributed by atoms with Gasteiger partial charge in [-0.05, 0) is 37.5 Å². The molecular formula is C15H20BrNO3. The van der Waals surface area contributed by atoms with Gasteiger partial charge in [0.25, 0.3) is 5.91 Å². The van der Waals surface area contributed by atoms with E-state index < -0.39 is 11.5 Å². The zero-order valence-electron chi connectivity index (χ0n) is 12.2. The Labute approximate surface area is 127 Å². The fraction of sp³-hybridized carbons (Fsp3) is 0.467. The average molecular weight is 342 g/mol. The predicted octanol–water partition coefficient (Wildman–Crippen LogP) is 3.38. The third kappa shape index (κ3) is 4.07. The van der Waals surface area contributed by atoms with Crippen molar-refractivity contribution in [1.29, 1.82) is 0 Å². The van der Waals surface area contributed by atoms with Gasteiger partial charge in [0.15, 0.2) is 0 Å². The third-order valence-corrected chi connectivity index (χ3v) is 4.48. The van der Waals surface area contributed by atoms with Crippen LogP contribution in [-0.4, -0.2) is 22.5 Å². The summed E-state index contributed by atoms with van der Waals surface area (Å²) >= 11 is 3.39. The SMILES string of the molecule is Cc1ccc(C(=O)NC(C)(CC(=O)O)C(C)C)cc1Br. The van der Waals surface area contributed by atoms with Gasteiger partial charge < -0.3 is 10.4 Å². The number of aryl methyl sites for hydroxylation is 1. The van der Waals surface area contributed by atoms with Crippen LogP contribution < -0.4 is 5.32 Å². The Bertz CT molecular complexity index is 528. The molecule has 0 aliphatic heterocycles. The summed E-state index contributed by atoms with van der Waals surface area (Å²) in [5.41, 5.74) is 0.777. The lowest BCUT2D eigenvalue weighted by atomic mass is 9.85. The molecule has 20 heavy (non-hydrogen) atoms. The molecule has 5 heteroatoms. The van der Waals surface area contributed by atoms with E-state index >= 15 is 0 Å². The van der Waals surface area contributed by atoms with Crippen molar-refractivity contribution in [3.63, 3.8) is 0 Å². The largest absolute Gasteiger partial charge is 0.481 e. The first-order valence-electron chi connectivity index (χ1n) is 6.46. The first kappa shape index (κ1) is 16.7.